The van der Waals surface area contributed by atoms with Crippen molar-refractivity contribution in [2.75, 3.05) is 12.3 Å². The van der Waals surface area contributed by atoms with Gasteiger partial charge in [0.05, 0.1) is 30.2 Å². The van der Waals surface area contributed by atoms with Gasteiger partial charge in [-0.1, -0.05) is 36.4 Å². The lowest BCUT2D eigenvalue weighted by Crippen LogP contribution is -3.00. The van der Waals surface area contributed by atoms with E-state index in [-0.39, 0.29) is 17.0 Å². The molecule has 0 unspecified atom stereocenters. The highest BCUT2D eigenvalue weighted by Crippen LogP contribution is 2.59. The average molecular weight is 335 g/mol. The minimum Gasteiger partial charge on any atom is -1.00 e. The normalized spacial score (nSPS) is 17.5. The van der Waals surface area contributed by atoms with E-state index in [2.05, 4.69) is 60.7 Å². The maximum absolute atomic E-state index is 2.35. The summed E-state index contributed by atoms with van der Waals surface area (Å²) >= 11 is 0. The van der Waals surface area contributed by atoms with E-state index in [4.69, 9.17) is 0 Å². The second-order valence-corrected chi connectivity index (χ2v) is 9.01. The monoisotopic (exact) mass is 334 g/mol. The van der Waals surface area contributed by atoms with Crippen molar-refractivity contribution in [1.29, 1.82) is 0 Å². The Balaban J connectivity index is 0.00000133. The van der Waals surface area contributed by atoms with Gasteiger partial charge >= 0.3 is 0 Å². The average Bonchev–Trinajstić information content (AvgIpc) is 2.50. The molecule has 19 heavy (non-hydrogen) atoms. The van der Waals surface area contributed by atoms with Crippen LogP contribution in [0.4, 0.5) is 0 Å². The molecule has 2 aromatic carbocycles. The molecule has 1 saturated heterocycles. The highest BCUT2D eigenvalue weighted by atomic mass is 79.9. The smallest absolute Gasteiger partial charge is 0.0991 e. The van der Waals surface area contributed by atoms with Crippen molar-refractivity contribution in [2.45, 2.75) is 19.3 Å². The van der Waals surface area contributed by atoms with Gasteiger partial charge in [-0.3, -0.25) is 0 Å². The first-order chi connectivity index (χ1) is 8.92. The Hall–Kier alpha value is -0.650. The number of halogens is 1. The van der Waals surface area contributed by atoms with Crippen molar-refractivity contribution in [3.8, 4) is 0 Å². The molecule has 0 saturated carbocycles. The van der Waals surface area contributed by atoms with Gasteiger partial charge in [-0.15, -0.1) is 0 Å². The molecule has 0 amide bonds. The Bertz CT molecular complexity index is 448. The molecule has 2 heteroatoms. The molecule has 0 atom stereocenters. The quantitative estimate of drug-likeness (QED) is 0.714. The molecule has 0 spiro atoms. The SMILES string of the molecule is [Br-].c1ccc([P+]2(c3ccccc3)CCCCC2)cc1. The fourth-order valence-electron chi connectivity index (χ4n) is 3.14. The molecule has 0 N–H and O–H groups in total. The van der Waals surface area contributed by atoms with Gasteiger partial charge in [0.2, 0.25) is 0 Å². The van der Waals surface area contributed by atoms with Gasteiger partial charge in [-0.25, -0.2) is 0 Å². The molecule has 3 rings (SSSR count). The molecule has 1 aliphatic rings. The molecule has 0 aromatic heterocycles. The van der Waals surface area contributed by atoms with Crippen LogP contribution in [0.5, 0.6) is 0 Å². The molecule has 1 aliphatic heterocycles. The molecular weight excluding hydrogens is 315 g/mol. The third-order valence-electron chi connectivity index (χ3n) is 4.08. The molecule has 0 bridgehead atoms. The van der Waals surface area contributed by atoms with E-state index in [1.807, 2.05) is 0 Å². The van der Waals surface area contributed by atoms with E-state index in [0.29, 0.717) is 0 Å². The first kappa shape index (κ1) is 14.8. The fraction of sp³-hybridized carbons (Fsp3) is 0.294. The van der Waals surface area contributed by atoms with Crippen molar-refractivity contribution in [1.82, 2.24) is 0 Å². The number of benzene rings is 2. The molecule has 0 aliphatic carbocycles. The van der Waals surface area contributed by atoms with Gasteiger partial charge in [0.25, 0.3) is 0 Å². The van der Waals surface area contributed by atoms with Crippen LogP contribution in [0, 0.1) is 0 Å². The standard InChI is InChI=1S/C17H20P.BrH/c1-4-10-16(11-5-1)18(14-8-3-9-15-18)17-12-6-2-7-13-17;/h1-2,4-7,10-13H,3,8-9,14-15H2;1H/q+1;/p-1. The summed E-state index contributed by atoms with van der Waals surface area (Å²) < 4.78 is 0. The number of hydrogen-bond acceptors (Lipinski definition) is 0. The van der Waals surface area contributed by atoms with Gasteiger partial charge in [0, 0.05) is 0 Å². The zero-order valence-electron chi connectivity index (χ0n) is 11.1. The van der Waals surface area contributed by atoms with Crippen LogP contribution in [0.2, 0.25) is 0 Å². The second-order valence-electron chi connectivity index (χ2n) is 5.15. The summed E-state index contributed by atoms with van der Waals surface area (Å²) in [7, 11) is -1.09. The van der Waals surface area contributed by atoms with Gasteiger partial charge in [0.1, 0.15) is 0 Å². The Morgan fingerprint density at radius 1 is 0.579 bits per heavy atom. The molecule has 100 valence electrons. The topological polar surface area (TPSA) is 0 Å². The summed E-state index contributed by atoms with van der Waals surface area (Å²) in [6, 6.07) is 22.5. The summed E-state index contributed by atoms with van der Waals surface area (Å²) in [6.45, 7) is 0. The van der Waals surface area contributed by atoms with E-state index < -0.39 is 7.26 Å². The highest BCUT2D eigenvalue weighted by Gasteiger charge is 2.43. The molecular formula is C17H20BrP. The summed E-state index contributed by atoms with van der Waals surface area (Å²) in [4.78, 5) is 0. The molecule has 1 heterocycles. The fourth-order valence-corrected chi connectivity index (χ4v) is 7.71. The van der Waals surface area contributed by atoms with Crippen molar-refractivity contribution in [3.63, 3.8) is 0 Å². The van der Waals surface area contributed by atoms with Crippen LogP contribution in [0.1, 0.15) is 19.3 Å². The van der Waals surface area contributed by atoms with Crippen molar-refractivity contribution in [2.24, 2.45) is 0 Å². The van der Waals surface area contributed by atoms with Crippen LogP contribution in [-0.2, 0) is 0 Å². The molecule has 0 nitrogen and oxygen atoms in total. The second kappa shape index (κ2) is 6.68. The lowest BCUT2D eigenvalue weighted by atomic mass is 10.3. The van der Waals surface area contributed by atoms with Gasteiger partial charge in [-0.05, 0) is 43.5 Å². The Labute approximate surface area is 127 Å². The maximum Gasteiger partial charge on any atom is 0.0991 e. The minimum absolute atomic E-state index is 0. The van der Waals surface area contributed by atoms with E-state index >= 15 is 0 Å². The predicted molar refractivity (Wildman–Crippen MR) is 82.7 cm³/mol. The Morgan fingerprint density at radius 2 is 1.00 bits per heavy atom. The van der Waals surface area contributed by atoms with Gasteiger partial charge < -0.3 is 17.0 Å². The predicted octanol–water partition coefficient (Wildman–Crippen LogP) is 0.843. The highest BCUT2D eigenvalue weighted by molar-refractivity contribution is 7.89. The third kappa shape index (κ3) is 2.93. The van der Waals surface area contributed by atoms with E-state index in [9.17, 15) is 0 Å². The lowest BCUT2D eigenvalue weighted by Gasteiger charge is -2.30. The molecule has 0 radical (unpaired) electrons. The van der Waals surface area contributed by atoms with E-state index in [0.717, 1.165) is 0 Å². The Morgan fingerprint density at radius 3 is 1.42 bits per heavy atom. The van der Waals surface area contributed by atoms with Gasteiger partial charge in [0.15, 0.2) is 0 Å². The summed E-state index contributed by atoms with van der Waals surface area (Å²) in [5.41, 5.74) is 0. The zero-order chi connectivity index (χ0) is 12.3. The van der Waals surface area contributed by atoms with Crippen LogP contribution in [0.25, 0.3) is 0 Å². The van der Waals surface area contributed by atoms with Crippen molar-refractivity contribution < 1.29 is 17.0 Å². The summed E-state index contributed by atoms with van der Waals surface area (Å²) in [5.74, 6) is 0. The van der Waals surface area contributed by atoms with Crippen molar-refractivity contribution in [3.05, 3.63) is 60.7 Å². The van der Waals surface area contributed by atoms with Crippen LogP contribution < -0.4 is 27.6 Å². The first-order valence-electron chi connectivity index (χ1n) is 6.90. The summed E-state index contributed by atoms with van der Waals surface area (Å²) in [5, 5.41) is 3.21. The number of hydrogen-bond donors (Lipinski definition) is 0. The minimum atomic E-state index is -1.09. The molecule has 1 fully saturated rings. The van der Waals surface area contributed by atoms with Crippen LogP contribution in [0.3, 0.4) is 0 Å². The van der Waals surface area contributed by atoms with Gasteiger partial charge in [-0.2, -0.15) is 0 Å². The lowest BCUT2D eigenvalue weighted by molar-refractivity contribution is -0.00000356. The number of rotatable bonds is 2. The van der Waals surface area contributed by atoms with Crippen molar-refractivity contribution >= 4 is 17.9 Å². The van der Waals surface area contributed by atoms with E-state index in [1.165, 1.54) is 31.6 Å². The summed E-state index contributed by atoms with van der Waals surface area (Å²) in [6.07, 6.45) is 7.03. The zero-order valence-corrected chi connectivity index (χ0v) is 13.6. The van der Waals surface area contributed by atoms with Crippen LogP contribution >= 0.6 is 7.26 Å². The first-order valence-corrected chi connectivity index (χ1v) is 9.06. The third-order valence-corrected chi connectivity index (χ3v) is 8.81. The molecule has 2 aromatic rings. The van der Waals surface area contributed by atoms with E-state index in [1.54, 1.807) is 10.6 Å². The van der Waals surface area contributed by atoms with Crippen LogP contribution in [-0.4, -0.2) is 12.3 Å². The van der Waals surface area contributed by atoms with Crippen LogP contribution in [0.15, 0.2) is 60.7 Å². The maximum atomic E-state index is 2.35. The Kier molecular flexibility index (Phi) is 5.19. The largest absolute Gasteiger partial charge is 1.00 e.